The number of nitrogens with zero attached hydrogens (tertiary/aromatic N) is 2. The van der Waals surface area contributed by atoms with Crippen LogP contribution < -0.4 is 10.0 Å². The maximum absolute atomic E-state index is 11.4. The third-order valence-corrected chi connectivity index (χ3v) is 5.96. The molecule has 0 radical (unpaired) electrons. The van der Waals surface area contributed by atoms with Crippen LogP contribution >= 0.6 is 11.8 Å². The fourth-order valence-corrected chi connectivity index (χ4v) is 4.82. The zero-order chi connectivity index (χ0) is 17.0. The van der Waals surface area contributed by atoms with Crippen molar-refractivity contribution in [3.63, 3.8) is 0 Å². The average Bonchev–Trinajstić information content (AvgIpc) is 2.36. The molecular formula is C14H30N4O2S2. The molecule has 6 nitrogen and oxygen atoms in total. The van der Waals surface area contributed by atoms with Crippen molar-refractivity contribution in [2.45, 2.75) is 38.5 Å². The lowest BCUT2D eigenvalue weighted by Gasteiger charge is -2.37. The minimum Gasteiger partial charge on any atom is -0.354 e. The first-order chi connectivity index (χ1) is 10.0. The molecule has 0 aromatic carbocycles. The lowest BCUT2D eigenvalue weighted by Crippen LogP contribution is -2.55. The highest BCUT2D eigenvalue weighted by Gasteiger charge is 2.27. The maximum atomic E-state index is 11.4. The number of rotatable bonds is 5. The molecular weight excluding hydrogens is 320 g/mol. The Morgan fingerprint density at radius 2 is 2.09 bits per heavy atom. The molecule has 8 heteroatoms. The monoisotopic (exact) mass is 350 g/mol. The van der Waals surface area contributed by atoms with Crippen LogP contribution in [0.4, 0.5) is 0 Å². The maximum Gasteiger partial charge on any atom is 0.209 e. The first-order valence-corrected chi connectivity index (χ1v) is 10.5. The summed E-state index contributed by atoms with van der Waals surface area (Å²) >= 11 is 2.02. The average molecular weight is 351 g/mol. The minimum absolute atomic E-state index is 0.489. The molecule has 0 aromatic rings. The molecule has 1 aliphatic heterocycles. The van der Waals surface area contributed by atoms with E-state index in [1.54, 1.807) is 7.05 Å². The first-order valence-electron chi connectivity index (χ1n) is 7.60. The van der Waals surface area contributed by atoms with Gasteiger partial charge < -0.3 is 10.2 Å². The highest BCUT2D eigenvalue weighted by atomic mass is 32.2. The van der Waals surface area contributed by atoms with Crippen molar-refractivity contribution in [2.24, 2.45) is 10.9 Å². The van der Waals surface area contributed by atoms with E-state index >= 15 is 0 Å². The summed E-state index contributed by atoms with van der Waals surface area (Å²) in [5.41, 5.74) is -0.564. The predicted octanol–water partition coefficient (Wildman–Crippen LogP) is 0.963. The second-order valence-electron chi connectivity index (χ2n) is 6.76. The standard InChI is InChI=1S/C14H30N4O2S2/c1-11(2)12-9-18(7-8-21-12)13(15-5)16-10-14(3,4)17-22(6,19)20/h11-12,17H,7-10H2,1-6H3,(H,15,16). The Morgan fingerprint density at radius 1 is 1.45 bits per heavy atom. The Hall–Kier alpha value is -0.470. The lowest BCUT2D eigenvalue weighted by molar-refractivity contribution is 0.370. The SMILES string of the molecule is CN=C(NCC(C)(C)NS(C)(=O)=O)N1CCSC(C(C)C)C1. The van der Waals surface area contributed by atoms with Gasteiger partial charge in [-0.2, -0.15) is 11.8 Å². The molecule has 1 unspecified atom stereocenters. The number of thioether (sulfide) groups is 1. The van der Waals surface area contributed by atoms with E-state index in [4.69, 9.17) is 0 Å². The highest BCUT2D eigenvalue weighted by Crippen LogP contribution is 2.24. The third-order valence-electron chi connectivity index (χ3n) is 3.50. The lowest BCUT2D eigenvalue weighted by atomic mass is 10.1. The summed E-state index contributed by atoms with van der Waals surface area (Å²) < 4.78 is 25.4. The van der Waals surface area contributed by atoms with Gasteiger partial charge in [-0.05, 0) is 19.8 Å². The molecule has 0 aromatic heterocycles. The van der Waals surface area contributed by atoms with Crippen molar-refractivity contribution in [3.8, 4) is 0 Å². The molecule has 1 rings (SSSR count). The van der Waals surface area contributed by atoms with Crippen molar-refractivity contribution in [1.29, 1.82) is 0 Å². The summed E-state index contributed by atoms with van der Waals surface area (Å²) in [6.45, 7) is 10.6. The zero-order valence-corrected chi connectivity index (χ0v) is 16.1. The van der Waals surface area contributed by atoms with Crippen LogP contribution in [0.1, 0.15) is 27.7 Å². The Labute approximate surface area is 139 Å². The van der Waals surface area contributed by atoms with E-state index in [2.05, 4.69) is 33.8 Å². The second kappa shape index (κ2) is 7.88. The third kappa shape index (κ3) is 6.75. The number of nitrogens with one attached hydrogen (secondary N) is 2. The molecule has 130 valence electrons. The summed E-state index contributed by atoms with van der Waals surface area (Å²) in [7, 11) is -1.46. The Morgan fingerprint density at radius 3 is 2.59 bits per heavy atom. The van der Waals surface area contributed by atoms with Crippen molar-refractivity contribution >= 4 is 27.7 Å². The summed E-state index contributed by atoms with van der Waals surface area (Å²) in [5, 5.41) is 3.91. The largest absolute Gasteiger partial charge is 0.354 e. The molecule has 2 N–H and O–H groups in total. The zero-order valence-electron chi connectivity index (χ0n) is 14.5. The number of hydrogen-bond donors (Lipinski definition) is 2. The number of sulfonamides is 1. The molecule has 22 heavy (non-hydrogen) atoms. The fourth-order valence-electron chi connectivity index (χ4n) is 2.44. The van der Waals surface area contributed by atoms with Crippen molar-refractivity contribution < 1.29 is 8.42 Å². The summed E-state index contributed by atoms with van der Waals surface area (Å²) in [6.07, 6.45) is 1.18. The normalized spacial score (nSPS) is 21.3. The van der Waals surface area contributed by atoms with Crippen LogP contribution in [0.15, 0.2) is 4.99 Å². The van der Waals surface area contributed by atoms with Crippen LogP contribution in [0.5, 0.6) is 0 Å². The van der Waals surface area contributed by atoms with Crippen LogP contribution in [0.2, 0.25) is 0 Å². The highest BCUT2D eigenvalue weighted by molar-refractivity contribution is 8.00. The molecule has 0 amide bonds. The topological polar surface area (TPSA) is 73.8 Å². The number of aliphatic imine (C=N–C) groups is 1. The van der Waals surface area contributed by atoms with Crippen LogP contribution in [0, 0.1) is 5.92 Å². The Bertz CT molecular complexity index is 489. The van der Waals surface area contributed by atoms with Gasteiger partial charge in [0.15, 0.2) is 5.96 Å². The van der Waals surface area contributed by atoms with Crippen LogP contribution in [-0.2, 0) is 10.0 Å². The van der Waals surface area contributed by atoms with Gasteiger partial charge in [0.25, 0.3) is 0 Å². The summed E-state index contributed by atoms with van der Waals surface area (Å²) in [4.78, 5) is 6.61. The van der Waals surface area contributed by atoms with Gasteiger partial charge in [-0.25, -0.2) is 13.1 Å². The van der Waals surface area contributed by atoms with E-state index in [-0.39, 0.29) is 0 Å². The molecule has 0 aliphatic carbocycles. The molecule has 1 heterocycles. The van der Waals surface area contributed by atoms with Gasteiger partial charge in [0, 0.05) is 43.2 Å². The van der Waals surface area contributed by atoms with E-state index in [9.17, 15) is 8.42 Å². The van der Waals surface area contributed by atoms with Gasteiger partial charge in [-0.3, -0.25) is 4.99 Å². The Kier molecular flexibility index (Phi) is 7.01. The summed E-state index contributed by atoms with van der Waals surface area (Å²) in [6, 6.07) is 0. The van der Waals surface area contributed by atoms with Gasteiger partial charge in [0.05, 0.1) is 6.26 Å². The molecule has 0 saturated carbocycles. The van der Waals surface area contributed by atoms with Gasteiger partial charge in [-0.15, -0.1) is 0 Å². The smallest absolute Gasteiger partial charge is 0.209 e. The summed E-state index contributed by atoms with van der Waals surface area (Å²) in [5.74, 6) is 2.57. The van der Waals surface area contributed by atoms with Crippen LogP contribution in [-0.4, -0.2) is 68.8 Å². The van der Waals surface area contributed by atoms with Gasteiger partial charge >= 0.3 is 0 Å². The number of guanidine groups is 1. The molecule has 1 fully saturated rings. The van der Waals surface area contributed by atoms with E-state index in [1.165, 1.54) is 6.26 Å². The van der Waals surface area contributed by atoms with Crippen molar-refractivity contribution in [2.75, 3.05) is 38.7 Å². The van der Waals surface area contributed by atoms with Gasteiger partial charge in [0.2, 0.25) is 10.0 Å². The molecule has 1 saturated heterocycles. The Balaban J connectivity index is 2.62. The fraction of sp³-hybridized carbons (Fsp3) is 0.929. The molecule has 0 bridgehead atoms. The van der Waals surface area contributed by atoms with E-state index in [0.29, 0.717) is 17.7 Å². The van der Waals surface area contributed by atoms with E-state index < -0.39 is 15.6 Å². The predicted molar refractivity (Wildman–Crippen MR) is 96.1 cm³/mol. The minimum atomic E-state index is -3.23. The van der Waals surface area contributed by atoms with E-state index in [1.807, 2.05) is 25.6 Å². The van der Waals surface area contributed by atoms with Gasteiger partial charge in [-0.1, -0.05) is 13.8 Å². The quantitative estimate of drug-likeness (QED) is 0.571. The van der Waals surface area contributed by atoms with E-state index in [0.717, 1.165) is 24.8 Å². The first kappa shape index (κ1) is 19.6. The van der Waals surface area contributed by atoms with Crippen LogP contribution in [0.25, 0.3) is 0 Å². The molecule has 0 spiro atoms. The second-order valence-corrected chi connectivity index (χ2v) is 9.85. The van der Waals surface area contributed by atoms with Crippen molar-refractivity contribution in [1.82, 2.24) is 14.9 Å². The van der Waals surface area contributed by atoms with Crippen molar-refractivity contribution in [3.05, 3.63) is 0 Å². The number of hydrogen-bond acceptors (Lipinski definition) is 4. The van der Waals surface area contributed by atoms with Gasteiger partial charge in [0.1, 0.15) is 0 Å². The molecule has 1 atom stereocenters. The van der Waals surface area contributed by atoms with Crippen LogP contribution in [0.3, 0.4) is 0 Å². The molecule has 1 aliphatic rings.